The summed E-state index contributed by atoms with van der Waals surface area (Å²) in [6.07, 6.45) is 6.81. The van der Waals surface area contributed by atoms with E-state index in [1.165, 1.54) is 32.1 Å². The predicted octanol–water partition coefficient (Wildman–Crippen LogP) is 4.87. The van der Waals surface area contributed by atoms with Crippen molar-refractivity contribution in [2.75, 3.05) is 26.1 Å². The first-order valence-electron chi connectivity index (χ1n) is 10.5. The van der Waals surface area contributed by atoms with Gasteiger partial charge in [0.1, 0.15) is 0 Å². The summed E-state index contributed by atoms with van der Waals surface area (Å²) < 4.78 is 11.0. The first kappa shape index (κ1) is 21.2. The molecular weight excluding hydrogens is 364 g/mol. The third-order valence-corrected chi connectivity index (χ3v) is 5.57. The van der Waals surface area contributed by atoms with Crippen LogP contribution in [0.25, 0.3) is 0 Å². The predicted molar refractivity (Wildman–Crippen MR) is 117 cm³/mol. The molecule has 0 aliphatic heterocycles. The SMILES string of the molecule is COc1ccccc1OCCC(=O)Nc1ccccc1CN(C)C1CCCCC1. The number of para-hydroxylation sites is 3. The molecule has 0 aromatic heterocycles. The third-order valence-electron chi connectivity index (χ3n) is 5.57. The van der Waals surface area contributed by atoms with Gasteiger partial charge in [-0.25, -0.2) is 0 Å². The van der Waals surface area contributed by atoms with Crippen LogP contribution in [0, 0.1) is 0 Å². The summed E-state index contributed by atoms with van der Waals surface area (Å²) in [5.74, 6) is 1.27. The highest BCUT2D eigenvalue weighted by Crippen LogP contribution is 2.26. The van der Waals surface area contributed by atoms with Gasteiger partial charge >= 0.3 is 0 Å². The van der Waals surface area contributed by atoms with Gasteiger partial charge in [0, 0.05) is 18.3 Å². The number of nitrogens with one attached hydrogen (secondary N) is 1. The van der Waals surface area contributed by atoms with E-state index in [0.29, 0.717) is 24.1 Å². The van der Waals surface area contributed by atoms with Crippen LogP contribution in [0.2, 0.25) is 0 Å². The Morgan fingerprint density at radius 3 is 2.48 bits per heavy atom. The number of amides is 1. The third kappa shape index (κ3) is 6.23. The average molecular weight is 397 g/mol. The van der Waals surface area contributed by atoms with E-state index in [2.05, 4.69) is 23.3 Å². The summed E-state index contributed by atoms with van der Waals surface area (Å²) in [7, 11) is 3.80. The van der Waals surface area contributed by atoms with E-state index < -0.39 is 0 Å². The molecule has 1 saturated carbocycles. The topological polar surface area (TPSA) is 50.8 Å². The first-order valence-corrected chi connectivity index (χ1v) is 10.5. The van der Waals surface area contributed by atoms with E-state index in [9.17, 15) is 4.79 Å². The van der Waals surface area contributed by atoms with Crippen LogP contribution < -0.4 is 14.8 Å². The quantitative estimate of drug-likeness (QED) is 0.657. The van der Waals surface area contributed by atoms with E-state index in [0.717, 1.165) is 17.8 Å². The Labute approximate surface area is 174 Å². The van der Waals surface area contributed by atoms with Crippen LogP contribution in [-0.4, -0.2) is 37.6 Å². The van der Waals surface area contributed by atoms with E-state index in [4.69, 9.17) is 9.47 Å². The van der Waals surface area contributed by atoms with Gasteiger partial charge in [-0.2, -0.15) is 0 Å². The standard InChI is InChI=1S/C24H32N2O3/c1-26(20-11-4-3-5-12-20)18-19-10-6-7-13-21(19)25-24(27)16-17-29-23-15-9-8-14-22(23)28-2/h6-10,13-15,20H,3-5,11-12,16-18H2,1-2H3,(H,25,27). The zero-order valence-corrected chi connectivity index (χ0v) is 17.5. The molecule has 0 bridgehead atoms. The highest BCUT2D eigenvalue weighted by atomic mass is 16.5. The zero-order chi connectivity index (χ0) is 20.5. The molecule has 1 N–H and O–H groups in total. The summed E-state index contributed by atoms with van der Waals surface area (Å²) in [6, 6.07) is 16.2. The first-order chi connectivity index (χ1) is 14.2. The van der Waals surface area contributed by atoms with Gasteiger partial charge in [0.25, 0.3) is 0 Å². The summed E-state index contributed by atoms with van der Waals surface area (Å²) in [6.45, 7) is 1.15. The molecule has 2 aromatic rings. The smallest absolute Gasteiger partial charge is 0.227 e. The number of carbonyl (C=O) groups excluding carboxylic acids is 1. The van der Waals surface area contributed by atoms with Crippen molar-refractivity contribution in [1.82, 2.24) is 4.90 Å². The van der Waals surface area contributed by atoms with Gasteiger partial charge in [-0.15, -0.1) is 0 Å². The molecule has 5 nitrogen and oxygen atoms in total. The molecule has 5 heteroatoms. The number of hydrogen-bond acceptors (Lipinski definition) is 4. The number of anilines is 1. The Hall–Kier alpha value is -2.53. The van der Waals surface area contributed by atoms with Gasteiger partial charge in [0.05, 0.1) is 20.1 Å². The van der Waals surface area contributed by atoms with E-state index >= 15 is 0 Å². The van der Waals surface area contributed by atoms with Crippen LogP contribution in [-0.2, 0) is 11.3 Å². The Balaban J connectivity index is 1.52. The minimum absolute atomic E-state index is 0.0485. The van der Waals surface area contributed by atoms with Crippen molar-refractivity contribution < 1.29 is 14.3 Å². The molecule has 3 rings (SSSR count). The normalized spacial score (nSPS) is 14.6. The fourth-order valence-corrected chi connectivity index (χ4v) is 3.90. The summed E-state index contributed by atoms with van der Waals surface area (Å²) in [4.78, 5) is 14.9. The lowest BCUT2D eigenvalue weighted by Gasteiger charge is -2.31. The molecule has 0 atom stereocenters. The molecular formula is C24H32N2O3. The van der Waals surface area contributed by atoms with Crippen molar-refractivity contribution in [2.24, 2.45) is 0 Å². The van der Waals surface area contributed by atoms with Gasteiger partial charge in [0.15, 0.2) is 11.5 Å². The number of rotatable bonds is 9. The van der Waals surface area contributed by atoms with Gasteiger partial charge < -0.3 is 14.8 Å². The number of methoxy groups -OCH3 is 1. The summed E-state index contributed by atoms with van der Waals surface area (Å²) in [5.41, 5.74) is 2.04. The average Bonchev–Trinajstić information content (AvgIpc) is 2.76. The lowest BCUT2D eigenvalue weighted by Crippen LogP contribution is -2.33. The molecule has 0 saturated heterocycles. The Bertz CT molecular complexity index is 787. The Kier molecular flexibility index (Phi) is 7.94. The summed E-state index contributed by atoms with van der Waals surface area (Å²) >= 11 is 0. The highest BCUT2D eigenvalue weighted by Gasteiger charge is 2.19. The minimum atomic E-state index is -0.0485. The molecule has 1 amide bonds. The largest absolute Gasteiger partial charge is 0.493 e. The maximum absolute atomic E-state index is 12.5. The van der Waals surface area contributed by atoms with Crippen molar-refractivity contribution in [3.8, 4) is 11.5 Å². The molecule has 1 aliphatic rings. The molecule has 0 heterocycles. The van der Waals surface area contributed by atoms with Crippen LogP contribution in [0.4, 0.5) is 5.69 Å². The van der Waals surface area contributed by atoms with Crippen LogP contribution in [0.5, 0.6) is 11.5 Å². The molecule has 29 heavy (non-hydrogen) atoms. The number of ether oxygens (including phenoxy) is 2. The van der Waals surface area contributed by atoms with Crippen molar-refractivity contribution in [1.29, 1.82) is 0 Å². The number of nitrogens with zero attached hydrogens (tertiary/aromatic N) is 1. The number of hydrogen-bond donors (Lipinski definition) is 1. The van der Waals surface area contributed by atoms with Crippen LogP contribution in [0.15, 0.2) is 48.5 Å². The molecule has 0 spiro atoms. The molecule has 156 valence electrons. The van der Waals surface area contributed by atoms with Crippen molar-refractivity contribution in [3.05, 3.63) is 54.1 Å². The molecule has 2 aromatic carbocycles. The lowest BCUT2D eigenvalue weighted by atomic mass is 9.94. The number of benzene rings is 2. The van der Waals surface area contributed by atoms with Crippen LogP contribution in [0.3, 0.4) is 0 Å². The molecule has 1 fully saturated rings. The van der Waals surface area contributed by atoms with E-state index in [1.807, 2.05) is 42.5 Å². The lowest BCUT2D eigenvalue weighted by molar-refractivity contribution is -0.116. The van der Waals surface area contributed by atoms with Gasteiger partial charge in [0.2, 0.25) is 5.91 Å². The maximum atomic E-state index is 12.5. The minimum Gasteiger partial charge on any atom is -0.493 e. The molecule has 1 aliphatic carbocycles. The second kappa shape index (κ2) is 10.9. The Morgan fingerprint density at radius 2 is 1.72 bits per heavy atom. The fourth-order valence-electron chi connectivity index (χ4n) is 3.90. The monoisotopic (exact) mass is 396 g/mol. The van der Waals surface area contributed by atoms with Crippen molar-refractivity contribution >= 4 is 11.6 Å². The van der Waals surface area contributed by atoms with Crippen LogP contribution in [0.1, 0.15) is 44.1 Å². The Morgan fingerprint density at radius 1 is 1.03 bits per heavy atom. The zero-order valence-electron chi connectivity index (χ0n) is 17.5. The van der Waals surface area contributed by atoms with E-state index in [-0.39, 0.29) is 12.3 Å². The van der Waals surface area contributed by atoms with Gasteiger partial charge in [-0.05, 0) is 43.7 Å². The molecule has 0 radical (unpaired) electrons. The van der Waals surface area contributed by atoms with Gasteiger partial charge in [-0.3, -0.25) is 9.69 Å². The second-order valence-corrected chi connectivity index (χ2v) is 7.66. The number of carbonyl (C=O) groups is 1. The van der Waals surface area contributed by atoms with Crippen molar-refractivity contribution in [2.45, 2.75) is 51.1 Å². The van der Waals surface area contributed by atoms with Crippen LogP contribution >= 0.6 is 0 Å². The summed E-state index contributed by atoms with van der Waals surface area (Å²) in [5, 5.41) is 3.06. The second-order valence-electron chi connectivity index (χ2n) is 7.66. The highest BCUT2D eigenvalue weighted by molar-refractivity contribution is 5.91. The van der Waals surface area contributed by atoms with Gasteiger partial charge in [-0.1, -0.05) is 49.6 Å². The fraction of sp³-hybridized carbons (Fsp3) is 0.458. The molecule has 0 unspecified atom stereocenters. The maximum Gasteiger partial charge on any atom is 0.227 e. The van der Waals surface area contributed by atoms with E-state index in [1.54, 1.807) is 7.11 Å². The van der Waals surface area contributed by atoms with Crippen molar-refractivity contribution in [3.63, 3.8) is 0 Å².